The molecule has 0 bridgehead atoms. The highest BCUT2D eigenvalue weighted by molar-refractivity contribution is 5.89. The number of nitrogens with one attached hydrogen (secondary N) is 1. The van der Waals surface area contributed by atoms with Gasteiger partial charge in [0, 0.05) is 66.6 Å². The van der Waals surface area contributed by atoms with Crippen molar-refractivity contribution in [2.45, 2.75) is 227 Å². The Balaban J connectivity index is 1.34. The molecule has 0 aliphatic carbocycles. The van der Waals surface area contributed by atoms with E-state index in [0.717, 1.165) is 60.9 Å². The van der Waals surface area contributed by atoms with Gasteiger partial charge in [-0.05, 0) is 32.7 Å². The number of hydrogen-bond acceptors (Lipinski definition) is 24. The van der Waals surface area contributed by atoms with Gasteiger partial charge in [-0.2, -0.15) is 0 Å². The van der Waals surface area contributed by atoms with E-state index >= 15 is 0 Å². The molecular weight excluding hydrogens is 1070 g/mol. The van der Waals surface area contributed by atoms with Gasteiger partial charge in [0.05, 0.1) is 19.6 Å². The quantitative estimate of drug-likeness (QED) is 0.0322. The Hall–Kier alpha value is -4.49. The number of ether oxygens (including phenoxy) is 11. The summed E-state index contributed by atoms with van der Waals surface area (Å²) in [6, 6.07) is -2.29. The van der Waals surface area contributed by atoms with Crippen LogP contribution in [0.15, 0.2) is 21.9 Å². The number of carbonyl (C=O) groups excluding carboxylic acids is 5. The Bertz CT molecular complexity index is 2270. The average Bonchev–Trinajstić information content (AvgIpc) is 4.03. The van der Waals surface area contributed by atoms with Gasteiger partial charge in [0.15, 0.2) is 18.6 Å². The molecule has 7 N–H and O–H groups in total. The Morgan fingerprint density at radius 3 is 1.93 bits per heavy atom. The van der Waals surface area contributed by atoms with Crippen molar-refractivity contribution >= 4 is 29.8 Å². The first-order chi connectivity index (χ1) is 38.6. The van der Waals surface area contributed by atoms with Gasteiger partial charge < -0.3 is 83.2 Å². The number of aromatic nitrogens is 2. The van der Waals surface area contributed by atoms with E-state index in [-0.39, 0.29) is 25.8 Å². The number of amides is 1. The lowest BCUT2D eigenvalue weighted by Crippen LogP contribution is -2.59. The van der Waals surface area contributed by atoms with Crippen LogP contribution in [-0.4, -0.2) is 229 Å². The molecule has 27 heteroatoms. The molecule has 1 aromatic rings. The highest BCUT2D eigenvalue weighted by Gasteiger charge is 2.57. The molecule has 0 spiro atoms. The van der Waals surface area contributed by atoms with E-state index < -0.39 is 170 Å². The van der Waals surface area contributed by atoms with Gasteiger partial charge in [0.25, 0.3) is 5.56 Å². The van der Waals surface area contributed by atoms with E-state index in [9.17, 15) is 54.0 Å². The molecule has 4 fully saturated rings. The minimum absolute atomic E-state index is 0.202. The molecule has 19 unspecified atom stereocenters. The van der Waals surface area contributed by atoms with Gasteiger partial charge in [-0.1, -0.05) is 78.1 Å². The van der Waals surface area contributed by atoms with Crippen LogP contribution < -0.4 is 17.0 Å². The molecule has 462 valence electrons. The summed E-state index contributed by atoms with van der Waals surface area (Å²) in [5, 5.41) is 44.7. The second-order valence-corrected chi connectivity index (χ2v) is 21.6. The predicted molar refractivity (Wildman–Crippen MR) is 284 cm³/mol. The van der Waals surface area contributed by atoms with E-state index in [2.05, 4.69) is 6.92 Å². The maximum Gasteiger partial charge on any atom is 0.332 e. The Labute approximate surface area is 472 Å². The number of esters is 4. The van der Waals surface area contributed by atoms with E-state index in [0.29, 0.717) is 6.42 Å². The summed E-state index contributed by atoms with van der Waals surface area (Å²) >= 11 is 0. The minimum Gasteiger partial charge on any atom is -0.467 e. The first-order valence-electron chi connectivity index (χ1n) is 28.2. The molecule has 4 aliphatic rings. The van der Waals surface area contributed by atoms with Crippen LogP contribution in [0, 0.1) is 5.92 Å². The Morgan fingerprint density at radius 1 is 0.741 bits per heavy atom. The standard InChI is InChI=1S/C54H89N5O22/c1-10-11-12-13-14-15-16-17-18-19-20-21-31(76-35(61)24-29(2)25-36(62)79-53-48(73-8)47(72-7)44(71-6)30(3)75-53)26-37(63)77-33-28-57(4)39(49(68)58(5)38(33)51(69)74-9)45(81-52-43(67)40(64)32(27-55)78-52)46-41(65)42(66)50(80-46)59-23-22-34(60)56-54(59)70/h22-23,29-33,38-48,50,52-53,64-67H,10-21,24-28,55H2,1-9H3,(H,56,60,70). The van der Waals surface area contributed by atoms with Gasteiger partial charge in [-0.3, -0.25) is 38.4 Å². The number of nitrogens with zero attached hydrogens (tertiary/aromatic N) is 3. The summed E-state index contributed by atoms with van der Waals surface area (Å²) in [4.78, 5) is 98.9. The molecule has 0 radical (unpaired) electrons. The number of likely N-dealkylation sites (N-methyl/N-ethyl adjacent to an activating group) is 2. The van der Waals surface area contributed by atoms with E-state index in [4.69, 9.17) is 57.8 Å². The van der Waals surface area contributed by atoms with E-state index in [1.165, 1.54) is 72.4 Å². The van der Waals surface area contributed by atoms with Crippen LogP contribution in [0.2, 0.25) is 0 Å². The van der Waals surface area contributed by atoms with Gasteiger partial charge in [-0.25, -0.2) is 9.59 Å². The minimum atomic E-state index is -1.94. The van der Waals surface area contributed by atoms with Crippen molar-refractivity contribution in [1.29, 1.82) is 0 Å². The normalized spacial score (nSPS) is 32.0. The van der Waals surface area contributed by atoms with Crippen LogP contribution in [-0.2, 0) is 76.1 Å². The SMILES string of the molecule is CCCCCCCCCCCCCC(CC(=O)OC1CN(C)C(C(OC2OC(CN)C(O)C2O)C2OC(n3ccc(=O)[nH]c3=O)C(O)C2O)C(=O)N(C)C1C(=O)OC)OC(=O)CC(C)CC(=O)OC1OC(C)C(OC)C(OC)C1OC. The largest absolute Gasteiger partial charge is 0.467 e. The first-order valence-corrected chi connectivity index (χ1v) is 28.2. The summed E-state index contributed by atoms with van der Waals surface area (Å²) in [6.07, 6.45) is -9.42. The molecule has 0 saturated carbocycles. The molecule has 5 heterocycles. The smallest absolute Gasteiger partial charge is 0.332 e. The lowest BCUT2D eigenvalue weighted by molar-refractivity contribution is -0.297. The number of nitrogens with two attached hydrogens (primary N) is 1. The number of hydrogen-bond donors (Lipinski definition) is 6. The number of carbonyl (C=O) groups is 5. The maximum absolute atomic E-state index is 14.9. The molecule has 81 heavy (non-hydrogen) atoms. The molecule has 19 atom stereocenters. The molecule has 1 amide bonds. The van der Waals surface area contributed by atoms with Crippen molar-refractivity contribution in [2.75, 3.05) is 55.6 Å². The fourth-order valence-corrected chi connectivity index (χ4v) is 11.1. The van der Waals surface area contributed by atoms with Gasteiger partial charge in [0.2, 0.25) is 12.2 Å². The molecule has 27 nitrogen and oxygen atoms in total. The van der Waals surface area contributed by atoms with Crippen molar-refractivity contribution < 1.29 is 96.5 Å². The number of methoxy groups -OCH3 is 4. The molecule has 4 saturated heterocycles. The highest BCUT2D eigenvalue weighted by atomic mass is 16.7. The number of aliphatic hydroxyl groups excluding tert-OH is 4. The van der Waals surface area contributed by atoms with Crippen LogP contribution >= 0.6 is 0 Å². The highest BCUT2D eigenvalue weighted by Crippen LogP contribution is 2.37. The van der Waals surface area contributed by atoms with E-state index in [1.807, 2.05) is 4.98 Å². The number of unbranched alkanes of at least 4 members (excludes halogenated alkanes) is 10. The maximum atomic E-state index is 14.9. The molecule has 0 aromatic carbocycles. The van der Waals surface area contributed by atoms with Gasteiger partial charge in [0.1, 0.15) is 79.3 Å². The number of rotatable bonds is 31. The zero-order valence-electron chi connectivity index (χ0n) is 48.2. The van der Waals surface area contributed by atoms with Crippen molar-refractivity contribution in [3.63, 3.8) is 0 Å². The van der Waals surface area contributed by atoms with Crippen LogP contribution in [0.25, 0.3) is 0 Å². The molecule has 4 aliphatic heterocycles. The van der Waals surface area contributed by atoms with Gasteiger partial charge in [-0.15, -0.1) is 0 Å². The van der Waals surface area contributed by atoms with Crippen molar-refractivity contribution in [3.05, 3.63) is 33.1 Å². The number of aliphatic hydroxyl groups is 4. The Morgan fingerprint density at radius 2 is 1.35 bits per heavy atom. The molecule has 5 rings (SSSR count). The number of aromatic amines is 1. The molecular formula is C54H89N5O22. The number of H-pyrrole nitrogens is 1. The van der Waals surface area contributed by atoms with Gasteiger partial charge >= 0.3 is 29.6 Å². The lowest BCUT2D eigenvalue weighted by atomic mass is 9.97. The Kier molecular flexibility index (Phi) is 27.0. The summed E-state index contributed by atoms with van der Waals surface area (Å²) in [5.74, 6) is -4.78. The van der Waals surface area contributed by atoms with Crippen LogP contribution in [0.5, 0.6) is 0 Å². The van der Waals surface area contributed by atoms with Crippen molar-refractivity contribution in [3.8, 4) is 0 Å². The lowest BCUT2D eigenvalue weighted by Gasteiger charge is -2.43. The zero-order chi connectivity index (χ0) is 59.7. The van der Waals surface area contributed by atoms with Crippen molar-refractivity contribution in [1.82, 2.24) is 19.4 Å². The summed E-state index contributed by atoms with van der Waals surface area (Å²) < 4.78 is 64.3. The van der Waals surface area contributed by atoms with Crippen LogP contribution in [0.4, 0.5) is 0 Å². The second-order valence-electron chi connectivity index (χ2n) is 21.6. The first kappa shape index (κ1) is 67.3. The average molecular weight is 1160 g/mol. The fraction of sp³-hybridized carbons (Fsp3) is 0.833. The summed E-state index contributed by atoms with van der Waals surface area (Å²) in [6.45, 7) is 4.91. The zero-order valence-corrected chi connectivity index (χ0v) is 48.2. The predicted octanol–water partition coefficient (Wildman–Crippen LogP) is -0.0755. The topological polar surface area (TPSA) is 355 Å². The third kappa shape index (κ3) is 17.8. The van der Waals surface area contributed by atoms with Crippen LogP contribution in [0.1, 0.15) is 123 Å². The fourth-order valence-electron chi connectivity index (χ4n) is 11.1. The summed E-state index contributed by atoms with van der Waals surface area (Å²) in [7, 11) is 8.12. The second kappa shape index (κ2) is 32.5. The van der Waals surface area contributed by atoms with Crippen molar-refractivity contribution in [2.24, 2.45) is 11.7 Å². The van der Waals surface area contributed by atoms with Crippen LogP contribution in [0.3, 0.4) is 0 Å². The third-order valence-electron chi connectivity index (χ3n) is 15.6. The monoisotopic (exact) mass is 1160 g/mol. The third-order valence-corrected chi connectivity index (χ3v) is 15.6. The summed E-state index contributed by atoms with van der Waals surface area (Å²) in [5.41, 5.74) is 4.00. The molecule has 1 aromatic heterocycles. The van der Waals surface area contributed by atoms with E-state index in [1.54, 1.807) is 13.8 Å².